The summed E-state index contributed by atoms with van der Waals surface area (Å²) in [5.74, 6) is 0.870. The van der Waals surface area contributed by atoms with Gasteiger partial charge in [0.1, 0.15) is 5.75 Å². The van der Waals surface area contributed by atoms with Crippen molar-refractivity contribution in [1.29, 1.82) is 0 Å². The van der Waals surface area contributed by atoms with E-state index in [9.17, 15) is 0 Å². The molecule has 0 heterocycles. The van der Waals surface area contributed by atoms with E-state index in [0.29, 0.717) is 6.61 Å². The lowest BCUT2D eigenvalue weighted by Crippen LogP contribution is -2.26. The molecule has 0 amide bonds. The predicted octanol–water partition coefficient (Wildman–Crippen LogP) is 3.26. The Kier molecular flexibility index (Phi) is 7.22. The van der Waals surface area contributed by atoms with Crippen LogP contribution in [0.5, 0.6) is 5.75 Å². The van der Waals surface area contributed by atoms with E-state index >= 15 is 0 Å². The van der Waals surface area contributed by atoms with Crippen LogP contribution >= 0.6 is 31.9 Å². The van der Waals surface area contributed by atoms with Gasteiger partial charge in [0.2, 0.25) is 0 Å². The van der Waals surface area contributed by atoms with Crippen LogP contribution in [-0.2, 0) is 6.54 Å². The molecule has 0 aliphatic carbocycles. The fourth-order valence-electron chi connectivity index (χ4n) is 1.53. The first-order chi connectivity index (χ1) is 8.54. The zero-order chi connectivity index (χ0) is 13.5. The van der Waals surface area contributed by atoms with Gasteiger partial charge in [0.05, 0.1) is 15.6 Å². The SMILES string of the molecule is CCOc1c(Br)cc(CNCCN(C)C)cc1Br. The third kappa shape index (κ3) is 5.26. The molecule has 0 bridgehead atoms. The number of ether oxygens (including phenoxy) is 1. The molecule has 102 valence electrons. The molecule has 5 heteroatoms. The van der Waals surface area contributed by atoms with E-state index in [-0.39, 0.29) is 0 Å². The van der Waals surface area contributed by atoms with Crippen molar-refractivity contribution in [3.8, 4) is 5.75 Å². The molecule has 0 aliphatic rings. The van der Waals surface area contributed by atoms with Crippen LogP contribution in [0.4, 0.5) is 0 Å². The molecule has 0 radical (unpaired) electrons. The molecular weight excluding hydrogens is 360 g/mol. The molecule has 1 N–H and O–H groups in total. The van der Waals surface area contributed by atoms with Gasteiger partial charge in [-0.25, -0.2) is 0 Å². The summed E-state index contributed by atoms with van der Waals surface area (Å²) in [5.41, 5.74) is 1.23. The van der Waals surface area contributed by atoms with Gasteiger partial charge in [0.25, 0.3) is 0 Å². The number of benzene rings is 1. The first kappa shape index (κ1) is 16.0. The van der Waals surface area contributed by atoms with Gasteiger partial charge in [-0.05, 0) is 70.6 Å². The number of nitrogens with zero attached hydrogens (tertiary/aromatic N) is 1. The highest BCUT2D eigenvalue weighted by atomic mass is 79.9. The van der Waals surface area contributed by atoms with Gasteiger partial charge < -0.3 is 15.0 Å². The minimum atomic E-state index is 0.664. The van der Waals surface area contributed by atoms with E-state index in [2.05, 4.69) is 68.3 Å². The molecule has 1 aromatic carbocycles. The summed E-state index contributed by atoms with van der Waals surface area (Å²) in [5, 5.41) is 3.41. The summed E-state index contributed by atoms with van der Waals surface area (Å²) < 4.78 is 7.54. The molecule has 0 unspecified atom stereocenters. The highest BCUT2D eigenvalue weighted by molar-refractivity contribution is 9.11. The molecule has 1 aromatic rings. The van der Waals surface area contributed by atoms with Gasteiger partial charge in [0.15, 0.2) is 0 Å². The fraction of sp³-hybridized carbons (Fsp3) is 0.538. The second-order valence-corrected chi connectivity index (χ2v) is 6.01. The Morgan fingerprint density at radius 1 is 1.22 bits per heavy atom. The maximum absolute atomic E-state index is 5.56. The van der Waals surface area contributed by atoms with Crippen molar-refractivity contribution in [2.24, 2.45) is 0 Å². The summed E-state index contributed by atoms with van der Waals surface area (Å²) in [6.45, 7) is 5.53. The van der Waals surface area contributed by atoms with E-state index in [1.807, 2.05) is 6.92 Å². The summed E-state index contributed by atoms with van der Waals surface area (Å²) >= 11 is 7.08. The monoisotopic (exact) mass is 378 g/mol. The van der Waals surface area contributed by atoms with Crippen molar-refractivity contribution < 1.29 is 4.74 Å². The van der Waals surface area contributed by atoms with Gasteiger partial charge >= 0.3 is 0 Å². The smallest absolute Gasteiger partial charge is 0.147 e. The molecule has 0 aromatic heterocycles. The second kappa shape index (κ2) is 8.15. The van der Waals surface area contributed by atoms with Gasteiger partial charge in [-0.15, -0.1) is 0 Å². The molecule has 0 saturated heterocycles. The average molecular weight is 380 g/mol. The van der Waals surface area contributed by atoms with E-state index in [1.54, 1.807) is 0 Å². The van der Waals surface area contributed by atoms with Crippen molar-refractivity contribution in [3.05, 3.63) is 26.6 Å². The lowest BCUT2D eigenvalue weighted by Gasteiger charge is -2.13. The van der Waals surface area contributed by atoms with E-state index < -0.39 is 0 Å². The maximum Gasteiger partial charge on any atom is 0.147 e. The highest BCUT2D eigenvalue weighted by Gasteiger charge is 2.08. The van der Waals surface area contributed by atoms with Crippen LogP contribution in [-0.4, -0.2) is 38.7 Å². The van der Waals surface area contributed by atoms with Crippen LogP contribution < -0.4 is 10.1 Å². The largest absolute Gasteiger partial charge is 0.492 e. The number of hydrogen-bond donors (Lipinski definition) is 1. The first-order valence-electron chi connectivity index (χ1n) is 6.00. The molecule has 0 atom stereocenters. The normalized spacial score (nSPS) is 11.0. The van der Waals surface area contributed by atoms with Crippen LogP contribution in [0.2, 0.25) is 0 Å². The number of hydrogen-bond acceptors (Lipinski definition) is 3. The first-order valence-corrected chi connectivity index (χ1v) is 7.59. The summed E-state index contributed by atoms with van der Waals surface area (Å²) in [6, 6.07) is 4.19. The Bertz CT molecular complexity index is 360. The Morgan fingerprint density at radius 3 is 2.33 bits per heavy atom. The number of halogens is 2. The van der Waals surface area contributed by atoms with Crippen molar-refractivity contribution >= 4 is 31.9 Å². The summed E-state index contributed by atoms with van der Waals surface area (Å²) in [6.07, 6.45) is 0. The number of nitrogens with one attached hydrogen (secondary N) is 1. The maximum atomic E-state index is 5.56. The van der Waals surface area contributed by atoms with Crippen LogP contribution in [0.15, 0.2) is 21.1 Å². The molecule has 0 saturated carbocycles. The predicted molar refractivity (Wildman–Crippen MR) is 83.3 cm³/mol. The minimum absolute atomic E-state index is 0.664. The molecule has 3 nitrogen and oxygen atoms in total. The summed E-state index contributed by atoms with van der Waals surface area (Å²) in [7, 11) is 4.15. The van der Waals surface area contributed by atoms with Crippen molar-refractivity contribution in [2.45, 2.75) is 13.5 Å². The molecular formula is C13H20Br2N2O. The number of rotatable bonds is 7. The Balaban J connectivity index is 2.57. The molecule has 1 rings (SSSR count). The van der Waals surface area contributed by atoms with E-state index in [0.717, 1.165) is 34.3 Å². The standard InChI is InChI=1S/C13H20Br2N2O/c1-4-18-13-11(14)7-10(8-12(13)15)9-16-5-6-17(2)3/h7-8,16H,4-6,9H2,1-3H3. The number of likely N-dealkylation sites (N-methyl/N-ethyl adjacent to an activating group) is 1. The van der Waals surface area contributed by atoms with Gasteiger partial charge in [0, 0.05) is 19.6 Å². The topological polar surface area (TPSA) is 24.5 Å². The Hall–Kier alpha value is -0.100. The van der Waals surface area contributed by atoms with Gasteiger partial charge in [-0.3, -0.25) is 0 Å². The summed E-state index contributed by atoms with van der Waals surface area (Å²) in [4.78, 5) is 2.16. The Labute approximate surface area is 126 Å². The fourth-order valence-corrected chi connectivity index (χ4v) is 3.04. The average Bonchev–Trinajstić information content (AvgIpc) is 2.29. The second-order valence-electron chi connectivity index (χ2n) is 4.30. The van der Waals surface area contributed by atoms with Crippen molar-refractivity contribution in [1.82, 2.24) is 10.2 Å². The molecule has 0 fully saturated rings. The quantitative estimate of drug-likeness (QED) is 0.736. The highest BCUT2D eigenvalue weighted by Crippen LogP contribution is 2.34. The van der Waals surface area contributed by atoms with Crippen LogP contribution in [0.25, 0.3) is 0 Å². The van der Waals surface area contributed by atoms with Crippen LogP contribution in [0, 0.1) is 0 Å². The lowest BCUT2D eigenvalue weighted by molar-refractivity contribution is 0.336. The van der Waals surface area contributed by atoms with Crippen molar-refractivity contribution in [2.75, 3.05) is 33.8 Å². The Morgan fingerprint density at radius 2 is 1.83 bits per heavy atom. The molecule has 0 aliphatic heterocycles. The molecule has 0 spiro atoms. The van der Waals surface area contributed by atoms with Gasteiger partial charge in [-0.2, -0.15) is 0 Å². The zero-order valence-corrected chi connectivity index (χ0v) is 14.3. The molecule has 18 heavy (non-hydrogen) atoms. The van der Waals surface area contributed by atoms with E-state index in [1.165, 1.54) is 5.56 Å². The van der Waals surface area contributed by atoms with Gasteiger partial charge in [-0.1, -0.05) is 0 Å². The third-order valence-corrected chi connectivity index (χ3v) is 3.59. The van der Waals surface area contributed by atoms with Crippen molar-refractivity contribution in [3.63, 3.8) is 0 Å². The zero-order valence-electron chi connectivity index (χ0n) is 11.1. The minimum Gasteiger partial charge on any atom is -0.492 e. The van der Waals surface area contributed by atoms with E-state index in [4.69, 9.17) is 4.74 Å². The van der Waals surface area contributed by atoms with Crippen LogP contribution in [0.1, 0.15) is 12.5 Å². The van der Waals surface area contributed by atoms with Crippen LogP contribution in [0.3, 0.4) is 0 Å². The lowest BCUT2D eigenvalue weighted by atomic mass is 10.2. The third-order valence-electron chi connectivity index (χ3n) is 2.41.